The Hall–Kier alpha value is -2.37. The fourth-order valence-electron chi connectivity index (χ4n) is 1.44. The van der Waals surface area contributed by atoms with Gasteiger partial charge in [-0.25, -0.2) is 0 Å². The first-order valence-electron chi connectivity index (χ1n) is 5.34. The maximum absolute atomic E-state index is 12.7. The van der Waals surface area contributed by atoms with Crippen LogP contribution in [0.4, 0.5) is 24.5 Å². The van der Waals surface area contributed by atoms with Gasteiger partial charge in [-0.3, -0.25) is 0 Å². The molecule has 0 amide bonds. The monoisotopic (exact) mass is 266 g/mol. The van der Waals surface area contributed by atoms with Crippen LogP contribution in [0.15, 0.2) is 58.8 Å². The summed E-state index contributed by atoms with van der Waals surface area (Å²) in [7, 11) is 0. The third kappa shape index (κ3) is 3.31. The molecule has 2 aromatic rings. The van der Waals surface area contributed by atoms with Gasteiger partial charge in [-0.15, -0.1) is 5.11 Å². The summed E-state index contributed by atoms with van der Waals surface area (Å²) in [5.74, 6) is -0.467. The average molecular weight is 266 g/mol. The van der Waals surface area contributed by atoms with Gasteiger partial charge in [-0.05, 0) is 30.3 Å². The normalized spacial score (nSPS) is 11.9. The minimum atomic E-state index is -4.59. The molecule has 0 fully saturated rings. The molecule has 0 aliphatic rings. The van der Waals surface area contributed by atoms with Crippen molar-refractivity contribution in [2.75, 3.05) is 0 Å². The molecule has 0 unspecified atom stereocenters. The molecule has 3 nitrogen and oxygen atoms in total. The fraction of sp³-hybridized carbons (Fsp3) is 0.0769. The summed E-state index contributed by atoms with van der Waals surface area (Å²) in [6.45, 7) is 0. The zero-order chi connectivity index (χ0) is 13.9. The molecule has 2 aromatic carbocycles. The number of azo groups is 1. The van der Waals surface area contributed by atoms with Gasteiger partial charge in [0, 0.05) is 0 Å². The molecular formula is C13H9F3N2O. The van der Waals surface area contributed by atoms with Crippen molar-refractivity contribution in [3.63, 3.8) is 0 Å². The van der Waals surface area contributed by atoms with E-state index in [0.29, 0.717) is 11.8 Å². The summed E-state index contributed by atoms with van der Waals surface area (Å²) in [5.41, 5.74) is -0.912. The van der Waals surface area contributed by atoms with Crippen LogP contribution in [0.25, 0.3) is 0 Å². The number of halogens is 3. The Labute approximate surface area is 107 Å². The molecule has 0 aliphatic heterocycles. The zero-order valence-corrected chi connectivity index (χ0v) is 9.59. The highest BCUT2D eigenvalue weighted by molar-refractivity contribution is 5.51. The molecule has 0 aromatic heterocycles. The smallest absolute Gasteiger partial charge is 0.418 e. The number of alkyl halides is 3. The largest absolute Gasteiger partial charge is 0.508 e. The third-order valence-electron chi connectivity index (χ3n) is 2.31. The van der Waals surface area contributed by atoms with Crippen LogP contribution >= 0.6 is 0 Å². The van der Waals surface area contributed by atoms with E-state index in [0.717, 1.165) is 12.1 Å². The van der Waals surface area contributed by atoms with Crippen molar-refractivity contribution in [2.45, 2.75) is 6.18 Å². The lowest BCUT2D eigenvalue weighted by atomic mass is 10.1. The number of rotatable bonds is 2. The van der Waals surface area contributed by atoms with Crippen LogP contribution < -0.4 is 0 Å². The summed E-state index contributed by atoms with van der Waals surface area (Å²) in [5, 5.41) is 16.4. The number of aromatic hydroxyl groups is 1. The molecule has 0 aliphatic carbocycles. The molecule has 19 heavy (non-hydrogen) atoms. The molecule has 0 bridgehead atoms. The van der Waals surface area contributed by atoms with E-state index in [4.69, 9.17) is 5.11 Å². The van der Waals surface area contributed by atoms with Gasteiger partial charge in [0.05, 0.1) is 16.9 Å². The summed E-state index contributed by atoms with van der Waals surface area (Å²) in [6, 6.07) is 11.2. The van der Waals surface area contributed by atoms with E-state index >= 15 is 0 Å². The number of hydrogen-bond acceptors (Lipinski definition) is 3. The fourth-order valence-corrected chi connectivity index (χ4v) is 1.44. The molecule has 0 atom stereocenters. The second kappa shape index (κ2) is 5.09. The highest BCUT2D eigenvalue weighted by Gasteiger charge is 2.34. The summed E-state index contributed by atoms with van der Waals surface area (Å²) < 4.78 is 38.2. The van der Waals surface area contributed by atoms with Gasteiger partial charge in [0.15, 0.2) is 0 Å². The quantitative estimate of drug-likeness (QED) is 0.777. The SMILES string of the molecule is Oc1ccc(N=Nc2ccccc2)c(C(F)(F)F)c1. The Morgan fingerprint density at radius 3 is 2.21 bits per heavy atom. The molecule has 1 N–H and O–H groups in total. The molecule has 0 spiro atoms. The van der Waals surface area contributed by atoms with E-state index < -0.39 is 17.5 Å². The average Bonchev–Trinajstić information content (AvgIpc) is 2.37. The Bertz CT molecular complexity index is 595. The van der Waals surface area contributed by atoms with E-state index in [2.05, 4.69) is 10.2 Å². The van der Waals surface area contributed by atoms with E-state index in [1.807, 2.05) is 0 Å². The highest BCUT2D eigenvalue weighted by atomic mass is 19.4. The van der Waals surface area contributed by atoms with Gasteiger partial charge >= 0.3 is 6.18 Å². The molecule has 0 saturated carbocycles. The lowest BCUT2D eigenvalue weighted by molar-refractivity contribution is -0.137. The number of benzene rings is 2. The van der Waals surface area contributed by atoms with Gasteiger partial charge < -0.3 is 5.11 Å². The van der Waals surface area contributed by atoms with Crippen molar-refractivity contribution in [2.24, 2.45) is 10.2 Å². The molecule has 2 rings (SSSR count). The third-order valence-corrected chi connectivity index (χ3v) is 2.31. The van der Waals surface area contributed by atoms with Crippen LogP contribution in [0.5, 0.6) is 5.75 Å². The first-order chi connectivity index (χ1) is 8.97. The van der Waals surface area contributed by atoms with Gasteiger partial charge in [0.25, 0.3) is 0 Å². The van der Waals surface area contributed by atoms with Gasteiger partial charge in [-0.2, -0.15) is 18.3 Å². The second-order valence-corrected chi connectivity index (χ2v) is 3.73. The molecule has 0 radical (unpaired) electrons. The van der Waals surface area contributed by atoms with Crippen LogP contribution in [0.1, 0.15) is 5.56 Å². The highest BCUT2D eigenvalue weighted by Crippen LogP contribution is 2.38. The number of hydrogen-bond donors (Lipinski definition) is 1. The molecule has 6 heteroatoms. The van der Waals surface area contributed by atoms with E-state index in [-0.39, 0.29) is 5.69 Å². The number of phenols is 1. The maximum Gasteiger partial charge on any atom is 0.418 e. The van der Waals surface area contributed by atoms with Crippen molar-refractivity contribution >= 4 is 11.4 Å². The molecule has 0 heterocycles. The van der Waals surface area contributed by atoms with Crippen LogP contribution in [-0.2, 0) is 6.18 Å². The molecule has 0 saturated heterocycles. The summed E-state index contributed by atoms with van der Waals surface area (Å²) in [6.07, 6.45) is -4.59. The van der Waals surface area contributed by atoms with E-state index in [1.165, 1.54) is 0 Å². The van der Waals surface area contributed by atoms with Crippen LogP contribution in [0.3, 0.4) is 0 Å². The summed E-state index contributed by atoms with van der Waals surface area (Å²) >= 11 is 0. The Morgan fingerprint density at radius 1 is 0.895 bits per heavy atom. The molecule has 98 valence electrons. The predicted octanol–water partition coefficient (Wildman–Crippen LogP) is 4.83. The minimum Gasteiger partial charge on any atom is -0.508 e. The lowest BCUT2D eigenvalue weighted by Crippen LogP contribution is -2.04. The van der Waals surface area contributed by atoms with Crippen molar-refractivity contribution < 1.29 is 18.3 Å². The standard InChI is InChI=1S/C13H9F3N2O/c14-13(15,16)11-8-10(19)6-7-12(11)18-17-9-4-2-1-3-5-9/h1-8,19H. The Balaban J connectivity index is 2.38. The number of phenolic OH excluding ortho intramolecular Hbond substituents is 1. The van der Waals surface area contributed by atoms with Crippen molar-refractivity contribution in [3.05, 3.63) is 54.1 Å². The van der Waals surface area contributed by atoms with Crippen LogP contribution in [0.2, 0.25) is 0 Å². The van der Waals surface area contributed by atoms with Gasteiger partial charge in [0.1, 0.15) is 5.75 Å². The van der Waals surface area contributed by atoms with E-state index in [9.17, 15) is 13.2 Å². The van der Waals surface area contributed by atoms with E-state index in [1.54, 1.807) is 30.3 Å². The summed E-state index contributed by atoms with van der Waals surface area (Å²) in [4.78, 5) is 0. The first kappa shape index (κ1) is 13.1. The number of nitrogens with zero attached hydrogens (tertiary/aromatic N) is 2. The van der Waals surface area contributed by atoms with Crippen LogP contribution in [0, 0.1) is 0 Å². The predicted molar refractivity (Wildman–Crippen MR) is 63.7 cm³/mol. The Morgan fingerprint density at radius 2 is 1.58 bits per heavy atom. The van der Waals surface area contributed by atoms with Gasteiger partial charge in [0.2, 0.25) is 0 Å². The zero-order valence-electron chi connectivity index (χ0n) is 9.59. The maximum atomic E-state index is 12.7. The minimum absolute atomic E-state index is 0.339. The lowest BCUT2D eigenvalue weighted by Gasteiger charge is -2.09. The van der Waals surface area contributed by atoms with Crippen LogP contribution in [-0.4, -0.2) is 5.11 Å². The second-order valence-electron chi connectivity index (χ2n) is 3.73. The van der Waals surface area contributed by atoms with Crippen molar-refractivity contribution in [1.82, 2.24) is 0 Å². The Kier molecular flexibility index (Phi) is 3.50. The van der Waals surface area contributed by atoms with Crippen molar-refractivity contribution in [1.29, 1.82) is 0 Å². The van der Waals surface area contributed by atoms with Gasteiger partial charge in [-0.1, -0.05) is 18.2 Å². The first-order valence-corrected chi connectivity index (χ1v) is 5.34. The topological polar surface area (TPSA) is 45.0 Å². The van der Waals surface area contributed by atoms with Crippen molar-refractivity contribution in [3.8, 4) is 5.75 Å². The molecular weight excluding hydrogens is 257 g/mol.